The largest absolute Gasteiger partial charge is 0.493 e. The molecule has 0 aliphatic heterocycles. The maximum absolute atomic E-state index is 11.2. The summed E-state index contributed by atoms with van der Waals surface area (Å²) in [5, 5.41) is 0. The van der Waals surface area contributed by atoms with Gasteiger partial charge in [-0.2, -0.15) is 0 Å². The van der Waals surface area contributed by atoms with Crippen molar-refractivity contribution in [2.45, 2.75) is 13.8 Å². The van der Waals surface area contributed by atoms with E-state index in [4.69, 9.17) is 14.2 Å². The molecule has 0 aliphatic carbocycles. The van der Waals surface area contributed by atoms with Gasteiger partial charge in [0.1, 0.15) is 5.76 Å². The predicted octanol–water partition coefficient (Wildman–Crippen LogP) is 2.54. The van der Waals surface area contributed by atoms with Gasteiger partial charge in [0.25, 0.3) is 0 Å². The standard InChI is InChI=1S/C13H16O4/c1-4-16-13(14)9-10(2)17-12-8-6-5-7-11(12)15-3/h5-9H,4H2,1-3H3/b10-9+. The summed E-state index contributed by atoms with van der Waals surface area (Å²) in [4.78, 5) is 11.2. The Morgan fingerprint density at radius 3 is 2.53 bits per heavy atom. The summed E-state index contributed by atoms with van der Waals surface area (Å²) < 4.78 is 15.4. The van der Waals surface area contributed by atoms with Gasteiger partial charge in [-0.1, -0.05) is 12.1 Å². The third kappa shape index (κ3) is 4.18. The molecule has 0 N–H and O–H groups in total. The fourth-order valence-electron chi connectivity index (χ4n) is 1.26. The first-order chi connectivity index (χ1) is 8.17. The van der Waals surface area contributed by atoms with Crippen LogP contribution in [0.4, 0.5) is 0 Å². The Bertz CT molecular complexity index is 410. The third-order valence-electron chi connectivity index (χ3n) is 1.95. The number of ether oxygens (including phenoxy) is 3. The van der Waals surface area contributed by atoms with Crippen LogP contribution in [0.3, 0.4) is 0 Å². The molecule has 1 aromatic carbocycles. The number of hydrogen-bond acceptors (Lipinski definition) is 4. The average molecular weight is 236 g/mol. The molecule has 4 nitrogen and oxygen atoms in total. The van der Waals surface area contributed by atoms with E-state index in [9.17, 15) is 4.79 Å². The minimum absolute atomic E-state index is 0.345. The molecule has 0 unspecified atom stereocenters. The van der Waals surface area contributed by atoms with Crippen molar-refractivity contribution in [1.29, 1.82) is 0 Å². The Hall–Kier alpha value is -1.97. The lowest BCUT2D eigenvalue weighted by atomic mass is 10.3. The van der Waals surface area contributed by atoms with E-state index in [0.717, 1.165) is 0 Å². The van der Waals surface area contributed by atoms with Gasteiger partial charge in [0, 0.05) is 0 Å². The number of para-hydroxylation sites is 2. The minimum Gasteiger partial charge on any atom is -0.493 e. The molecular weight excluding hydrogens is 220 g/mol. The maximum Gasteiger partial charge on any atom is 0.334 e. The van der Waals surface area contributed by atoms with E-state index in [0.29, 0.717) is 23.9 Å². The van der Waals surface area contributed by atoms with E-state index in [1.807, 2.05) is 12.1 Å². The van der Waals surface area contributed by atoms with Crippen LogP contribution in [0.5, 0.6) is 11.5 Å². The minimum atomic E-state index is -0.417. The zero-order valence-electron chi connectivity index (χ0n) is 10.2. The van der Waals surface area contributed by atoms with Gasteiger partial charge in [-0.25, -0.2) is 4.79 Å². The number of esters is 1. The molecule has 92 valence electrons. The van der Waals surface area contributed by atoms with Gasteiger partial charge in [-0.3, -0.25) is 0 Å². The van der Waals surface area contributed by atoms with Crippen LogP contribution in [-0.2, 0) is 9.53 Å². The van der Waals surface area contributed by atoms with Crippen LogP contribution in [0.1, 0.15) is 13.8 Å². The number of hydrogen-bond donors (Lipinski definition) is 0. The quantitative estimate of drug-likeness (QED) is 0.447. The van der Waals surface area contributed by atoms with Crippen molar-refractivity contribution < 1.29 is 19.0 Å². The van der Waals surface area contributed by atoms with Gasteiger partial charge in [-0.15, -0.1) is 0 Å². The highest BCUT2D eigenvalue weighted by Gasteiger charge is 2.05. The van der Waals surface area contributed by atoms with Crippen molar-refractivity contribution in [1.82, 2.24) is 0 Å². The monoisotopic (exact) mass is 236 g/mol. The first kappa shape index (κ1) is 13.1. The van der Waals surface area contributed by atoms with Crippen molar-refractivity contribution in [3.05, 3.63) is 36.1 Å². The maximum atomic E-state index is 11.2. The Kier molecular flexibility index (Phi) is 5.07. The predicted molar refractivity (Wildman–Crippen MR) is 64.0 cm³/mol. The number of carbonyl (C=O) groups is 1. The number of carbonyl (C=O) groups excluding carboxylic acids is 1. The van der Waals surface area contributed by atoms with Crippen LogP contribution in [0.2, 0.25) is 0 Å². The van der Waals surface area contributed by atoms with Gasteiger partial charge >= 0.3 is 5.97 Å². The molecule has 0 amide bonds. The molecule has 0 aliphatic rings. The molecule has 0 atom stereocenters. The molecule has 4 heteroatoms. The molecule has 1 rings (SSSR count). The smallest absolute Gasteiger partial charge is 0.334 e. The van der Waals surface area contributed by atoms with E-state index >= 15 is 0 Å². The molecule has 0 saturated heterocycles. The van der Waals surface area contributed by atoms with Crippen molar-refractivity contribution in [2.24, 2.45) is 0 Å². The molecule has 17 heavy (non-hydrogen) atoms. The fourth-order valence-corrected chi connectivity index (χ4v) is 1.26. The summed E-state index contributed by atoms with van der Waals surface area (Å²) in [6.07, 6.45) is 1.30. The second-order valence-electron chi connectivity index (χ2n) is 3.26. The van der Waals surface area contributed by atoms with Crippen molar-refractivity contribution >= 4 is 5.97 Å². The van der Waals surface area contributed by atoms with E-state index < -0.39 is 5.97 Å². The zero-order valence-corrected chi connectivity index (χ0v) is 10.2. The van der Waals surface area contributed by atoms with Crippen molar-refractivity contribution in [2.75, 3.05) is 13.7 Å². The highest BCUT2D eigenvalue weighted by molar-refractivity contribution is 5.82. The summed E-state index contributed by atoms with van der Waals surface area (Å²) >= 11 is 0. The Labute approximate surface area is 101 Å². The van der Waals surface area contributed by atoms with Gasteiger partial charge in [-0.05, 0) is 26.0 Å². The van der Waals surface area contributed by atoms with Crippen molar-refractivity contribution in [3.63, 3.8) is 0 Å². The number of rotatable bonds is 5. The van der Waals surface area contributed by atoms with Gasteiger partial charge in [0.15, 0.2) is 11.5 Å². The summed E-state index contributed by atoms with van der Waals surface area (Å²) in [6, 6.07) is 7.22. The van der Waals surface area contributed by atoms with Crippen LogP contribution in [-0.4, -0.2) is 19.7 Å². The molecule has 1 aromatic rings. The molecular formula is C13H16O4. The number of allylic oxidation sites excluding steroid dienone is 1. The highest BCUT2D eigenvalue weighted by atomic mass is 16.5. The summed E-state index contributed by atoms with van der Waals surface area (Å²) in [7, 11) is 1.56. The van der Waals surface area contributed by atoms with Crippen LogP contribution in [0.15, 0.2) is 36.1 Å². The normalized spacial score (nSPS) is 10.9. The first-order valence-corrected chi connectivity index (χ1v) is 5.33. The molecule has 0 spiro atoms. The van der Waals surface area contributed by atoms with Crippen LogP contribution >= 0.6 is 0 Å². The van der Waals surface area contributed by atoms with Gasteiger partial charge in [0.05, 0.1) is 19.8 Å². The molecule has 0 heterocycles. The summed E-state index contributed by atoms with van der Waals surface area (Å²) in [5.41, 5.74) is 0. The number of methoxy groups -OCH3 is 1. The van der Waals surface area contributed by atoms with E-state index in [1.54, 1.807) is 33.1 Å². The van der Waals surface area contributed by atoms with Crippen LogP contribution in [0.25, 0.3) is 0 Å². The Morgan fingerprint density at radius 2 is 1.94 bits per heavy atom. The molecule has 0 bridgehead atoms. The Morgan fingerprint density at radius 1 is 1.29 bits per heavy atom. The third-order valence-corrected chi connectivity index (χ3v) is 1.95. The SMILES string of the molecule is CCOC(=O)/C=C(\C)Oc1ccccc1OC. The average Bonchev–Trinajstić information content (AvgIpc) is 2.29. The van der Waals surface area contributed by atoms with Crippen LogP contribution < -0.4 is 9.47 Å². The van der Waals surface area contributed by atoms with Crippen LogP contribution in [0, 0.1) is 0 Å². The fraction of sp³-hybridized carbons (Fsp3) is 0.308. The van der Waals surface area contributed by atoms with Crippen molar-refractivity contribution in [3.8, 4) is 11.5 Å². The first-order valence-electron chi connectivity index (χ1n) is 5.33. The summed E-state index contributed by atoms with van der Waals surface area (Å²) in [6.45, 7) is 3.78. The zero-order chi connectivity index (χ0) is 12.7. The van der Waals surface area contributed by atoms with E-state index in [-0.39, 0.29) is 0 Å². The van der Waals surface area contributed by atoms with E-state index in [2.05, 4.69) is 0 Å². The lowest BCUT2D eigenvalue weighted by Crippen LogP contribution is -2.03. The molecule has 0 radical (unpaired) electrons. The molecule has 0 saturated carbocycles. The highest BCUT2D eigenvalue weighted by Crippen LogP contribution is 2.27. The molecule has 0 aromatic heterocycles. The lowest BCUT2D eigenvalue weighted by molar-refractivity contribution is -0.137. The second kappa shape index (κ2) is 6.58. The second-order valence-corrected chi connectivity index (χ2v) is 3.26. The van der Waals surface area contributed by atoms with E-state index in [1.165, 1.54) is 6.08 Å². The summed E-state index contributed by atoms with van der Waals surface area (Å²) in [5.74, 6) is 1.21. The lowest BCUT2D eigenvalue weighted by Gasteiger charge is -2.09. The number of benzene rings is 1. The topological polar surface area (TPSA) is 44.8 Å². The Balaban J connectivity index is 2.73. The molecule has 0 fully saturated rings. The van der Waals surface area contributed by atoms with Gasteiger partial charge < -0.3 is 14.2 Å². The van der Waals surface area contributed by atoms with Gasteiger partial charge in [0.2, 0.25) is 0 Å².